The second kappa shape index (κ2) is 6.40. The molecule has 0 radical (unpaired) electrons. The lowest BCUT2D eigenvalue weighted by Crippen LogP contribution is -2.30. The van der Waals surface area contributed by atoms with Gasteiger partial charge in [0.1, 0.15) is 0 Å². The van der Waals surface area contributed by atoms with Gasteiger partial charge in [-0.3, -0.25) is 0 Å². The first-order valence-corrected chi connectivity index (χ1v) is 4.54. The third-order valence-corrected chi connectivity index (χ3v) is 2.40. The van der Waals surface area contributed by atoms with E-state index >= 15 is 0 Å². The summed E-state index contributed by atoms with van der Waals surface area (Å²) in [6, 6.07) is 0. The van der Waals surface area contributed by atoms with Gasteiger partial charge in [0.05, 0.1) is 13.2 Å². The number of ether oxygens (including phenoxy) is 1. The highest BCUT2D eigenvalue weighted by atomic mass is 16.5. The molecule has 0 atom stereocenters. The minimum Gasteiger partial charge on any atom is -0.396 e. The fourth-order valence-corrected chi connectivity index (χ4v) is 1.04. The van der Waals surface area contributed by atoms with Gasteiger partial charge >= 0.3 is 0 Å². The van der Waals surface area contributed by atoms with Crippen LogP contribution in [0.25, 0.3) is 0 Å². The number of hydrogen-bond acceptors (Lipinski definition) is 3. The van der Waals surface area contributed by atoms with Crippen LogP contribution in [0.1, 0.15) is 26.7 Å². The van der Waals surface area contributed by atoms with Crippen molar-refractivity contribution in [2.45, 2.75) is 26.7 Å². The van der Waals surface area contributed by atoms with Crippen LogP contribution >= 0.6 is 0 Å². The number of hydrogen-bond donors (Lipinski definition) is 2. The summed E-state index contributed by atoms with van der Waals surface area (Å²) >= 11 is 0. The van der Waals surface area contributed by atoms with Crippen LogP contribution < -0.4 is 0 Å². The molecule has 0 amide bonds. The SMILES string of the molecule is CCOCCC(CC)(CO)CO. The molecule has 0 aromatic heterocycles. The summed E-state index contributed by atoms with van der Waals surface area (Å²) in [6.45, 7) is 5.28. The minimum absolute atomic E-state index is 0.0348. The van der Waals surface area contributed by atoms with Crippen LogP contribution in [0.3, 0.4) is 0 Å². The van der Waals surface area contributed by atoms with Crippen molar-refractivity contribution in [1.29, 1.82) is 0 Å². The van der Waals surface area contributed by atoms with Gasteiger partial charge < -0.3 is 14.9 Å². The van der Waals surface area contributed by atoms with Gasteiger partial charge in [0, 0.05) is 18.6 Å². The highest BCUT2D eigenvalue weighted by molar-refractivity contribution is 4.75. The Kier molecular flexibility index (Phi) is 6.34. The molecule has 2 N–H and O–H groups in total. The van der Waals surface area contributed by atoms with Crippen LogP contribution in [-0.2, 0) is 4.74 Å². The first-order chi connectivity index (χ1) is 5.74. The Morgan fingerprint density at radius 2 is 1.75 bits per heavy atom. The van der Waals surface area contributed by atoms with Crippen LogP contribution in [0.2, 0.25) is 0 Å². The van der Waals surface area contributed by atoms with Gasteiger partial charge in [-0.1, -0.05) is 6.92 Å². The van der Waals surface area contributed by atoms with E-state index in [1.54, 1.807) is 0 Å². The Balaban J connectivity index is 3.76. The highest BCUT2D eigenvalue weighted by Crippen LogP contribution is 2.24. The maximum atomic E-state index is 9.06. The average Bonchev–Trinajstić information content (AvgIpc) is 2.14. The monoisotopic (exact) mass is 176 g/mol. The number of aliphatic hydroxyl groups excluding tert-OH is 2. The lowest BCUT2D eigenvalue weighted by Gasteiger charge is -2.27. The number of rotatable bonds is 7. The van der Waals surface area contributed by atoms with E-state index in [4.69, 9.17) is 14.9 Å². The smallest absolute Gasteiger partial charge is 0.0510 e. The van der Waals surface area contributed by atoms with Gasteiger partial charge in [-0.15, -0.1) is 0 Å². The van der Waals surface area contributed by atoms with Crippen molar-refractivity contribution in [2.24, 2.45) is 5.41 Å². The quantitative estimate of drug-likeness (QED) is 0.564. The maximum absolute atomic E-state index is 9.06. The van der Waals surface area contributed by atoms with Gasteiger partial charge in [0.25, 0.3) is 0 Å². The van der Waals surface area contributed by atoms with Crippen molar-refractivity contribution in [3.8, 4) is 0 Å². The summed E-state index contributed by atoms with van der Waals surface area (Å²) in [6.07, 6.45) is 1.51. The van der Waals surface area contributed by atoms with Crippen molar-refractivity contribution in [3.05, 3.63) is 0 Å². The van der Waals surface area contributed by atoms with Crippen molar-refractivity contribution in [1.82, 2.24) is 0 Å². The predicted molar refractivity (Wildman–Crippen MR) is 48.0 cm³/mol. The van der Waals surface area contributed by atoms with E-state index in [1.165, 1.54) is 0 Å². The largest absolute Gasteiger partial charge is 0.396 e. The van der Waals surface area contributed by atoms with E-state index in [0.717, 1.165) is 12.8 Å². The van der Waals surface area contributed by atoms with Crippen molar-refractivity contribution >= 4 is 0 Å². The first-order valence-electron chi connectivity index (χ1n) is 4.54. The molecular formula is C9H20O3. The molecule has 0 heterocycles. The molecule has 0 fully saturated rings. The summed E-state index contributed by atoms with van der Waals surface area (Å²) < 4.78 is 5.17. The van der Waals surface area contributed by atoms with Crippen molar-refractivity contribution in [3.63, 3.8) is 0 Å². The third kappa shape index (κ3) is 3.52. The highest BCUT2D eigenvalue weighted by Gasteiger charge is 2.25. The second-order valence-electron chi connectivity index (χ2n) is 3.12. The zero-order valence-electron chi connectivity index (χ0n) is 8.05. The molecular weight excluding hydrogens is 156 g/mol. The number of aliphatic hydroxyl groups is 2. The lowest BCUT2D eigenvalue weighted by molar-refractivity contribution is 0.0153. The molecule has 0 saturated heterocycles. The van der Waals surface area contributed by atoms with Crippen LogP contribution in [-0.4, -0.2) is 36.6 Å². The normalized spacial score (nSPS) is 12.0. The molecule has 3 nitrogen and oxygen atoms in total. The van der Waals surface area contributed by atoms with Gasteiger partial charge in [-0.2, -0.15) is 0 Å². The van der Waals surface area contributed by atoms with E-state index < -0.39 is 0 Å². The molecule has 0 aliphatic heterocycles. The van der Waals surface area contributed by atoms with E-state index in [2.05, 4.69) is 0 Å². The summed E-state index contributed by atoms with van der Waals surface area (Å²) in [5.41, 5.74) is -0.338. The molecule has 74 valence electrons. The molecule has 3 heteroatoms. The lowest BCUT2D eigenvalue weighted by atomic mass is 9.84. The van der Waals surface area contributed by atoms with Gasteiger partial charge in [-0.05, 0) is 19.8 Å². The van der Waals surface area contributed by atoms with Crippen molar-refractivity contribution < 1.29 is 14.9 Å². The maximum Gasteiger partial charge on any atom is 0.0510 e. The van der Waals surface area contributed by atoms with Crippen LogP contribution in [0.5, 0.6) is 0 Å². The van der Waals surface area contributed by atoms with Gasteiger partial charge in [0.2, 0.25) is 0 Å². The molecule has 0 aliphatic carbocycles. The summed E-state index contributed by atoms with van der Waals surface area (Å²) in [4.78, 5) is 0. The topological polar surface area (TPSA) is 49.7 Å². The van der Waals surface area contributed by atoms with Crippen LogP contribution in [0.15, 0.2) is 0 Å². The fraction of sp³-hybridized carbons (Fsp3) is 1.00. The molecule has 0 aromatic rings. The summed E-state index contributed by atoms with van der Waals surface area (Å²) in [7, 11) is 0. The zero-order chi connectivity index (χ0) is 9.45. The third-order valence-electron chi connectivity index (χ3n) is 2.40. The molecule has 12 heavy (non-hydrogen) atoms. The Morgan fingerprint density at radius 1 is 1.17 bits per heavy atom. The second-order valence-corrected chi connectivity index (χ2v) is 3.12. The van der Waals surface area contributed by atoms with E-state index in [0.29, 0.717) is 13.2 Å². The Morgan fingerprint density at radius 3 is 2.08 bits per heavy atom. The van der Waals surface area contributed by atoms with Gasteiger partial charge in [-0.25, -0.2) is 0 Å². The Bertz CT molecular complexity index is 91.7. The van der Waals surface area contributed by atoms with E-state index in [-0.39, 0.29) is 18.6 Å². The average molecular weight is 176 g/mol. The molecule has 0 unspecified atom stereocenters. The molecule has 0 bridgehead atoms. The molecule has 0 aromatic carbocycles. The van der Waals surface area contributed by atoms with E-state index in [1.807, 2.05) is 13.8 Å². The summed E-state index contributed by atoms with van der Waals surface area (Å²) in [5.74, 6) is 0. The zero-order valence-corrected chi connectivity index (χ0v) is 8.05. The molecule has 0 aliphatic rings. The van der Waals surface area contributed by atoms with Crippen molar-refractivity contribution in [2.75, 3.05) is 26.4 Å². The molecule has 0 saturated carbocycles. The minimum atomic E-state index is -0.338. The van der Waals surface area contributed by atoms with Crippen LogP contribution in [0.4, 0.5) is 0 Å². The predicted octanol–water partition coefficient (Wildman–Crippen LogP) is 0.794. The summed E-state index contributed by atoms with van der Waals surface area (Å²) in [5, 5.41) is 18.1. The van der Waals surface area contributed by atoms with E-state index in [9.17, 15) is 0 Å². The molecule has 0 spiro atoms. The standard InChI is InChI=1S/C9H20O3/c1-3-9(7-10,8-11)5-6-12-4-2/h10-11H,3-8H2,1-2H3. The Labute approximate surface area is 74.4 Å². The van der Waals surface area contributed by atoms with Gasteiger partial charge in [0.15, 0.2) is 0 Å². The fourth-order valence-electron chi connectivity index (χ4n) is 1.04. The first kappa shape index (κ1) is 11.9. The van der Waals surface area contributed by atoms with Crippen LogP contribution in [0, 0.1) is 5.41 Å². The Hall–Kier alpha value is -0.120. The molecule has 0 rings (SSSR count).